The molecule has 0 spiro atoms. The highest BCUT2D eigenvalue weighted by atomic mass is 16.5. The van der Waals surface area contributed by atoms with Gasteiger partial charge in [-0.15, -0.1) is 0 Å². The second-order valence-electron chi connectivity index (χ2n) is 13.1. The summed E-state index contributed by atoms with van der Waals surface area (Å²) in [6.45, 7) is 13.5. The van der Waals surface area contributed by atoms with Crippen LogP contribution in [0.2, 0.25) is 0 Å². The third-order valence-corrected chi connectivity index (χ3v) is 8.82. The molecule has 1 unspecified atom stereocenters. The van der Waals surface area contributed by atoms with Crippen molar-refractivity contribution in [2.24, 2.45) is 0 Å². The molecule has 0 radical (unpaired) electrons. The quantitative estimate of drug-likeness (QED) is 0.233. The van der Waals surface area contributed by atoms with Crippen LogP contribution in [0.25, 0.3) is 0 Å². The van der Waals surface area contributed by atoms with Gasteiger partial charge in [0.1, 0.15) is 24.7 Å². The normalized spacial score (nSPS) is 18.0. The van der Waals surface area contributed by atoms with Gasteiger partial charge in [0, 0.05) is 11.1 Å². The van der Waals surface area contributed by atoms with Crippen molar-refractivity contribution in [3.63, 3.8) is 0 Å². The Balaban J connectivity index is 1.48. The summed E-state index contributed by atoms with van der Waals surface area (Å²) in [7, 11) is 0. The summed E-state index contributed by atoms with van der Waals surface area (Å²) in [5, 5.41) is 0. The average molecular weight is 551 g/mol. The lowest BCUT2D eigenvalue weighted by Gasteiger charge is -2.27. The molecule has 2 aromatic rings. The number of rotatable bonds is 13. The first-order chi connectivity index (χ1) is 19.3. The number of ether oxygens (including phenoxy) is 4. The molecule has 2 aromatic carbocycles. The van der Waals surface area contributed by atoms with Crippen molar-refractivity contribution in [2.45, 2.75) is 142 Å². The molecule has 2 saturated carbocycles. The van der Waals surface area contributed by atoms with Crippen LogP contribution in [0.5, 0.6) is 11.5 Å². The summed E-state index contributed by atoms with van der Waals surface area (Å²) in [4.78, 5) is 0. The molecule has 40 heavy (non-hydrogen) atoms. The minimum atomic E-state index is 0.0300. The first-order valence-electron chi connectivity index (χ1n) is 16.1. The van der Waals surface area contributed by atoms with E-state index in [9.17, 15) is 0 Å². The van der Waals surface area contributed by atoms with E-state index in [-0.39, 0.29) is 5.41 Å². The number of hydrogen-bond acceptors (Lipinski definition) is 4. The Morgan fingerprint density at radius 3 is 1.70 bits per heavy atom. The molecule has 222 valence electrons. The molecule has 0 amide bonds. The van der Waals surface area contributed by atoms with Crippen molar-refractivity contribution in [3.8, 4) is 11.5 Å². The van der Waals surface area contributed by atoms with Crippen molar-refractivity contribution in [2.75, 3.05) is 13.2 Å². The fourth-order valence-electron chi connectivity index (χ4n) is 5.90. The zero-order chi connectivity index (χ0) is 28.4. The highest BCUT2D eigenvalue weighted by Gasteiger charge is 2.23. The summed E-state index contributed by atoms with van der Waals surface area (Å²) in [6.07, 6.45) is 14.2. The smallest absolute Gasteiger partial charge is 0.130 e. The zero-order valence-electron chi connectivity index (χ0n) is 25.9. The highest BCUT2D eigenvalue weighted by Crippen LogP contribution is 2.35. The molecular formula is C36H54O4. The van der Waals surface area contributed by atoms with Gasteiger partial charge in [-0.1, -0.05) is 85.3 Å². The Bertz CT molecular complexity index is 967. The topological polar surface area (TPSA) is 36.9 Å². The van der Waals surface area contributed by atoms with Gasteiger partial charge in [-0.05, 0) is 78.8 Å². The third kappa shape index (κ3) is 9.24. The van der Waals surface area contributed by atoms with Crippen molar-refractivity contribution in [1.82, 2.24) is 0 Å². The van der Waals surface area contributed by atoms with Gasteiger partial charge >= 0.3 is 0 Å². The molecule has 0 heterocycles. The SMILES string of the molecule is CCC(C)c1ccc(OCCOc2c(COC3CCCCC3)cc(C(C)(C)C)cc2COC2CCCCC2)cc1. The molecule has 0 aromatic heterocycles. The zero-order valence-corrected chi connectivity index (χ0v) is 25.9. The van der Waals surface area contributed by atoms with E-state index in [2.05, 4.69) is 71.0 Å². The van der Waals surface area contributed by atoms with E-state index in [0.717, 1.165) is 54.7 Å². The van der Waals surface area contributed by atoms with Crippen molar-refractivity contribution in [1.29, 1.82) is 0 Å². The van der Waals surface area contributed by atoms with E-state index in [0.29, 0.717) is 44.6 Å². The van der Waals surface area contributed by atoms with Gasteiger partial charge in [0.2, 0.25) is 0 Å². The van der Waals surface area contributed by atoms with Crippen LogP contribution >= 0.6 is 0 Å². The molecule has 4 rings (SSSR count). The van der Waals surface area contributed by atoms with E-state index in [1.54, 1.807) is 0 Å². The molecular weight excluding hydrogens is 496 g/mol. The maximum Gasteiger partial charge on any atom is 0.130 e. The minimum Gasteiger partial charge on any atom is -0.490 e. The van der Waals surface area contributed by atoms with Crippen LogP contribution in [0, 0.1) is 0 Å². The summed E-state index contributed by atoms with van der Waals surface area (Å²) < 4.78 is 25.6. The lowest BCUT2D eigenvalue weighted by atomic mass is 9.84. The third-order valence-electron chi connectivity index (χ3n) is 8.82. The van der Waals surface area contributed by atoms with Gasteiger partial charge in [0.15, 0.2) is 0 Å². The van der Waals surface area contributed by atoms with E-state index >= 15 is 0 Å². The predicted octanol–water partition coefficient (Wildman–Crippen LogP) is 9.65. The van der Waals surface area contributed by atoms with E-state index < -0.39 is 0 Å². The Morgan fingerprint density at radius 1 is 0.725 bits per heavy atom. The monoisotopic (exact) mass is 550 g/mol. The van der Waals surface area contributed by atoms with E-state index in [1.165, 1.54) is 49.7 Å². The summed E-state index contributed by atoms with van der Waals surface area (Å²) in [5.41, 5.74) is 4.97. The van der Waals surface area contributed by atoms with Crippen LogP contribution in [0.3, 0.4) is 0 Å². The van der Waals surface area contributed by atoms with Crippen molar-refractivity contribution >= 4 is 0 Å². The molecule has 0 bridgehead atoms. The fraction of sp³-hybridized carbons (Fsp3) is 0.667. The van der Waals surface area contributed by atoms with Crippen LogP contribution in [0.4, 0.5) is 0 Å². The molecule has 4 heteroatoms. The Labute approximate surface area is 244 Å². The van der Waals surface area contributed by atoms with Gasteiger partial charge in [0.25, 0.3) is 0 Å². The second kappa shape index (κ2) is 15.3. The first-order valence-corrected chi connectivity index (χ1v) is 16.1. The van der Waals surface area contributed by atoms with E-state index in [4.69, 9.17) is 18.9 Å². The largest absolute Gasteiger partial charge is 0.490 e. The van der Waals surface area contributed by atoms with Gasteiger partial charge in [-0.25, -0.2) is 0 Å². The average Bonchev–Trinajstić information content (AvgIpc) is 2.98. The fourth-order valence-corrected chi connectivity index (χ4v) is 5.90. The molecule has 1 atom stereocenters. The van der Waals surface area contributed by atoms with Gasteiger partial charge in [-0.3, -0.25) is 0 Å². The summed E-state index contributed by atoms with van der Waals surface area (Å²) in [5.74, 6) is 2.38. The molecule has 2 aliphatic rings. The molecule has 0 N–H and O–H groups in total. The van der Waals surface area contributed by atoms with Crippen LogP contribution in [-0.2, 0) is 28.1 Å². The van der Waals surface area contributed by atoms with Crippen LogP contribution < -0.4 is 9.47 Å². The second-order valence-corrected chi connectivity index (χ2v) is 13.1. The Morgan fingerprint density at radius 2 is 1.23 bits per heavy atom. The lowest BCUT2D eigenvalue weighted by molar-refractivity contribution is 0.0120. The Hall–Kier alpha value is -2.04. The molecule has 2 aliphatic carbocycles. The number of hydrogen-bond donors (Lipinski definition) is 0. The Kier molecular flexibility index (Phi) is 11.8. The predicted molar refractivity (Wildman–Crippen MR) is 165 cm³/mol. The van der Waals surface area contributed by atoms with Gasteiger partial charge in [-0.2, -0.15) is 0 Å². The van der Waals surface area contributed by atoms with Gasteiger partial charge < -0.3 is 18.9 Å². The maximum atomic E-state index is 6.53. The van der Waals surface area contributed by atoms with Gasteiger partial charge in [0.05, 0.1) is 25.4 Å². The standard InChI is InChI=1S/C36H54O4/c1-6-27(2)28-17-19-34(20-18-28)37-21-22-38-35-29(25-39-32-13-9-7-10-14-32)23-31(36(3,4)5)24-30(35)26-40-33-15-11-8-12-16-33/h17-20,23-24,27,32-33H,6-16,21-22,25-26H2,1-5H3. The maximum absolute atomic E-state index is 6.53. The molecule has 0 saturated heterocycles. The van der Waals surface area contributed by atoms with Crippen LogP contribution in [0.1, 0.15) is 133 Å². The molecule has 2 fully saturated rings. The van der Waals surface area contributed by atoms with Crippen molar-refractivity contribution < 1.29 is 18.9 Å². The van der Waals surface area contributed by atoms with Crippen molar-refractivity contribution in [3.05, 3.63) is 58.7 Å². The first kappa shape index (κ1) is 30.9. The summed E-state index contributed by atoms with van der Waals surface area (Å²) >= 11 is 0. The van der Waals surface area contributed by atoms with E-state index in [1.807, 2.05) is 0 Å². The minimum absolute atomic E-state index is 0.0300. The molecule has 0 aliphatic heterocycles. The van der Waals surface area contributed by atoms with Crippen LogP contribution in [-0.4, -0.2) is 25.4 Å². The molecule has 4 nitrogen and oxygen atoms in total. The summed E-state index contributed by atoms with van der Waals surface area (Å²) in [6, 6.07) is 13.1. The highest BCUT2D eigenvalue weighted by molar-refractivity contribution is 5.46. The lowest BCUT2D eigenvalue weighted by Crippen LogP contribution is -2.20. The van der Waals surface area contributed by atoms with Crippen LogP contribution in [0.15, 0.2) is 36.4 Å². The number of benzene rings is 2.